The summed E-state index contributed by atoms with van der Waals surface area (Å²) < 4.78 is 10.3. The van der Waals surface area contributed by atoms with Crippen molar-refractivity contribution < 1.29 is 9.47 Å². The molecule has 3 nitrogen and oxygen atoms in total. The van der Waals surface area contributed by atoms with Gasteiger partial charge in [0.1, 0.15) is 5.75 Å². The van der Waals surface area contributed by atoms with E-state index in [1.807, 2.05) is 18.2 Å². The van der Waals surface area contributed by atoms with Crippen molar-refractivity contribution in [2.75, 3.05) is 20.8 Å². The maximum atomic E-state index is 5.94. The van der Waals surface area contributed by atoms with Gasteiger partial charge in [0.2, 0.25) is 0 Å². The molecular formula is C12H18ClNO2. The van der Waals surface area contributed by atoms with Gasteiger partial charge in [0.15, 0.2) is 0 Å². The third-order valence-electron chi connectivity index (χ3n) is 2.30. The third kappa shape index (κ3) is 4.00. The van der Waals surface area contributed by atoms with Crippen LogP contribution >= 0.6 is 11.6 Å². The van der Waals surface area contributed by atoms with E-state index in [1.54, 1.807) is 14.2 Å². The van der Waals surface area contributed by atoms with Crippen LogP contribution in [0, 0.1) is 0 Å². The van der Waals surface area contributed by atoms with Crippen LogP contribution in [0.1, 0.15) is 12.5 Å². The number of nitrogens with one attached hydrogen (secondary N) is 1. The van der Waals surface area contributed by atoms with E-state index in [4.69, 9.17) is 21.1 Å². The van der Waals surface area contributed by atoms with Crippen molar-refractivity contribution in [2.45, 2.75) is 19.5 Å². The van der Waals surface area contributed by atoms with E-state index >= 15 is 0 Å². The van der Waals surface area contributed by atoms with Gasteiger partial charge in [-0.15, -0.1) is 0 Å². The Labute approximate surface area is 102 Å². The van der Waals surface area contributed by atoms with Gasteiger partial charge in [-0.25, -0.2) is 0 Å². The van der Waals surface area contributed by atoms with Crippen molar-refractivity contribution in [3.63, 3.8) is 0 Å². The van der Waals surface area contributed by atoms with Gasteiger partial charge in [-0.05, 0) is 25.1 Å². The summed E-state index contributed by atoms with van der Waals surface area (Å²) in [5.41, 5.74) is 1.05. The van der Waals surface area contributed by atoms with Crippen LogP contribution in [0.15, 0.2) is 18.2 Å². The Hall–Kier alpha value is -0.770. The first-order valence-corrected chi connectivity index (χ1v) is 5.60. The quantitative estimate of drug-likeness (QED) is 0.833. The Bertz CT molecular complexity index is 331. The zero-order valence-corrected chi connectivity index (χ0v) is 10.7. The Morgan fingerprint density at radius 2 is 2.12 bits per heavy atom. The van der Waals surface area contributed by atoms with Crippen LogP contribution in [-0.4, -0.2) is 26.9 Å². The van der Waals surface area contributed by atoms with Gasteiger partial charge in [-0.2, -0.15) is 0 Å². The molecule has 1 atom stereocenters. The zero-order valence-electron chi connectivity index (χ0n) is 9.92. The maximum Gasteiger partial charge on any atom is 0.123 e. The van der Waals surface area contributed by atoms with Crippen LogP contribution in [0.4, 0.5) is 0 Å². The molecule has 0 unspecified atom stereocenters. The van der Waals surface area contributed by atoms with Crippen LogP contribution in [0.25, 0.3) is 0 Å². The molecule has 16 heavy (non-hydrogen) atoms. The van der Waals surface area contributed by atoms with E-state index in [0.29, 0.717) is 19.2 Å². The summed E-state index contributed by atoms with van der Waals surface area (Å²) in [5.74, 6) is 0.849. The fraction of sp³-hybridized carbons (Fsp3) is 0.500. The Morgan fingerprint density at radius 3 is 2.75 bits per heavy atom. The fourth-order valence-electron chi connectivity index (χ4n) is 1.48. The molecule has 0 aliphatic heterocycles. The van der Waals surface area contributed by atoms with E-state index in [-0.39, 0.29) is 0 Å². The second kappa shape index (κ2) is 6.74. The zero-order chi connectivity index (χ0) is 12.0. The number of ether oxygens (including phenoxy) is 2. The lowest BCUT2D eigenvalue weighted by Crippen LogP contribution is -2.29. The normalized spacial score (nSPS) is 12.5. The Kier molecular flexibility index (Phi) is 5.60. The first-order valence-electron chi connectivity index (χ1n) is 5.22. The van der Waals surface area contributed by atoms with Crippen molar-refractivity contribution in [1.82, 2.24) is 5.32 Å². The highest BCUT2D eigenvalue weighted by molar-refractivity contribution is 6.30. The molecule has 0 spiro atoms. The molecule has 0 fully saturated rings. The van der Waals surface area contributed by atoms with Gasteiger partial charge in [0.25, 0.3) is 0 Å². The van der Waals surface area contributed by atoms with Crippen LogP contribution in [0.3, 0.4) is 0 Å². The lowest BCUT2D eigenvalue weighted by Gasteiger charge is -2.14. The molecule has 0 saturated carbocycles. The summed E-state index contributed by atoms with van der Waals surface area (Å²) in [7, 11) is 3.35. The highest BCUT2D eigenvalue weighted by Crippen LogP contribution is 2.22. The molecule has 0 amide bonds. The number of halogens is 1. The number of hydrogen-bond donors (Lipinski definition) is 1. The molecule has 0 aromatic heterocycles. The van der Waals surface area contributed by atoms with E-state index in [1.165, 1.54) is 0 Å². The number of benzene rings is 1. The summed E-state index contributed by atoms with van der Waals surface area (Å²) in [5, 5.41) is 4.06. The SMILES string of the molecule is COC[C@H](C)NCc1cc(Cl)ccc1OC. The van der Waals surface area contributed by atoms with Crippen LogP contribution in [-0.2, 0) is 11.3 Å². The highest BCUT2D eigenvalue weighted by atomic mass is 35.5. The molecule has 0 bridgehead atoms. The summed E-state index contributed by atoms with van der Waals surface area (Å²) >= 11 is 5.94. The van der Waals surface area contributed by atoms with Crippen LogP contribution in [0.2, 0.25) is 5.02 Å². The summed E-state index contributed by atoms with van der Waals surface area (Å²) in [6.45, 7) is 3.47. The average Bonchev–Trinajstić information content (AvgIpc) is 2.27. The lowest BCUT2D eigenvalue weighted by molar-refractivity contribution is 0.171. The molecule has 0 heterocycles. The van der Waals surface area contributed by atoms with Crippen molar-refractivity contribution in [2.24, 2.45) is 0 Å². The molecule has 0 aliphatic rings. The molecule has 90 valence electrons. The molecule has 0 radical (unpaired) electrons. The summed E-state index contributed by atoms with van der Waals surface area (Å²) in [6.07, 6.45) is 0. The summed E-state index contributed by atoms with van der Waals surface area (Å²) in [6, 6.07) is 5.91. The molecule has 1 N–H and O–H groups in total. The van der Waals surface area contributed by atoms with Gasteiger partial charge in [-0.3, -0.25) is 0 Å². The minimum Gasteiger partial charge on any atom is -0.496 e. The van der Waals surface area contributed by atoms with Gasteiger partial charge >= 0.3 is 0 Å². The fourth-order valence-corrected chi connectivity index (χ4v) is 1.67. The minimum absolute atomic E-state index is 0.300. The first-order chi connectivity index (χ1) is 7.67. The molecular weight excluding hydrogens is 226 g/mol. The largest absolute Gasteiger partial charge is 0.496 e. The molecule has 4 heteroatoms. The lowest BCUT2D eigenvalue weighted by atomic mass is 10.2. The standard InChI is InChI=1S/C12H18ClNO2/c1-9(8-15-2)14-7-10-6-11(13)4-5-12(10)16-3/h4-6,9,14H,7-8H2,1-3H3/t9-/m0/s1. The molecule has 0 aliphatic carbocycles. The number of hydrogen-bond acceptors (Lipinski definition) is 3. The third-order valence-corrected chi connectivity index (χ3v) is 2.54. The summed E-state index contributed by atoms with van der Waals surface area (Å²) in [4.78, 5) is 0. The molecule has 1 aromatic rings. The topological polar surface area (TPSA) is 30.5 Å². The van der Waals surface area contributed by atoms with E-state index in [2.05, 4.69) is 12.2 Å². The van der Waals surface area contributed by atoms with Crippen LogP contribution in [0.5, 0.6) is 5.75 Å². The maximum absolute atomic E-state index is 5.94. The van der Waals surface area contributed by atoms with Crippen molar-refractivity contribution >= 4 is 11.6 Å². The van der Waals surface area contributed by atoms with Gasteiger partial charge in [0.05, 0.1) is 13.7 Å². The van der Waals surface area contributed by atoms with Gasteiger partial charge in [0, 0.05) is 30.3 Å². The van der Waals surface area contributed by atoms with E-state index in [9.17, 15) is 0 Å². The predicted molar refractivity (Wildman–Crippen MR) is 66.2 cm³/mol. The smallest absolute Gasteiger partial charge is 0.123 e. The molecule has 1 rings (SSSR count). The molecule has 0 saturated heterocycles. The van der Waals surface area contributed by atoms with Crippen molar-refractivity contribution in [3.8, 4) is 5.75 Å². The molecule has 1 aromatic carbocycles. The van der Waals surface area contributed by atoms with Crippen molar-refractivity contribution in [1.29, 1.82) is 0 Å². The Balaban J connectivity index is 2.61. The van der Waals surface area contributed by atoms with Gasteiger partial charge < -0.3 is 14.8 Å². The predicted octanol–water partition coefficient (Wildman–Crippen LogP) is 2.47. The minimum atomic E-state index is 0.300. The average molecular weight is 244 g/mol. The highest BCUT2D eigenvalue weighted by Gasteiger charge is 2.06. The number of methoxy groups -OCH3 is 2. The second-order valence-electron chi connectivity index (χ2n) is 3.69. The van der Waals surface area contributed by atoms with Crippen molar-refractivity contribution in [3.05, 3.63) is 28.8 Å². The van der Waals surface area contributed by atoms with E-state index in [0.717, 1.165) is 16.3 Å². The van der Waals surface area contributed by atoms with Gasteiger partial charge in [-0.1, -0.05) is 11.6 Å². The first kappa shape index (κ1) is 13.3. The number of rotatable bonds is 6. The monoisotopic (exact) mass is 243 g/mol. The second-order valence-corrected chi connectivity index (χ2v) is 4.13. The van der Waals surface area contributed by atoms with Crippen LogP contribution < -0.4 is 10.1 Å². The Morgan fingerprint density at radius 1 is 1.38 bits per heavy atom. The van der Waals surface area contributed by atoms with E-state index < -0.39 is 0 Å².